The Morgan fingerprint density at radius 2 is 1.82 bits per heavy atom. The van der Waals surface area contributed by atoms with Gasteiger partial charge in [-0.15, -0.1) is 0 Å². The van der Waals surface area contributed by atoms with Gasteiger partial charge in [0, 0.05) is 4.47 Å². The van der Waals surface area contributed by atoms with Crippen molar-refractivity contribution in [1.82, 2.24) is 5.43 Å². The number of phenolic OH excluding ortho intramolecular Hbond substituents is 2. The molecular weight excluding hydrogens is 578 g/mol. The number of hydrogen-bond donors (Lipinski definition) is 3. The van der Waals surface area contributed by atoms with Crippen molar-refractivity contribution in [2.24, 2.45) is 5.10 Å². The van der Waals surface area contributed by atoms with Gasteiger partial charge in [0.05, 0.1) is 18.9 Å². The van der Waals surface area contributed by atoms with E-state index in [4.69, 9.17) is 0 Å². The molecule has 2 rings (SSSR count). The van der Waals surface area contributed by atoms with E-state index in [1.54, 1.807) is 18.2 Å². The maximum atomic E-state index is 11.9. The number of benzene rings is 2. The summed E-state index contributed by atoms with van der Waals surface area (Å²) in [4.78, 5) is 11.9. The van der Waals surface area contributed by atoms with Crippen molar-refractivity contribution in [2.45, 2.75) is 0 Å². The summed E-state index contributed by atoms with van der Waals surface area (Å²) < 4.78 is 2.07. The van der Waals surface area contributed by atoms with Crippen LogP contribution in [0.25, 0.3) is 0 Å². The lowest BCUT2D eigenvalue weighted by atomic mass is 10.2. The van der Waals surface area contributed by atoms with Crippen LogP contribution in [0.1, 0.15) is 15.9 Å². The van der Waals surface area contributed by atoms with Gasteiger partial charge in [0.1, 0.15) is 11.5 Å². The average Bonchev–Trinajstić information content (AvgIpc) is 2.47. The Labute approximate surface area is 162 Å². The van der Waals surface area contributed by atoms with Crippen molar-refractivity contribution >= 4 is 73.2 Å². The zero-order chi connectivity index (χ0) is 16.3. The van der Waals surface area contributed by atoms with Crippen LogP contribution in [-0.4, -0.2) is 22.3 Å². The molecule has 1 amide bonds. The number of phenols is 2. The summed E-state index contributed by atoms with van der Waals surface area (Å²) >= 11 is 7.27. The minimum Gasteiger partial charge on any atom is -0.507 e. The van der Waals surface area contributed by atoms with E-state index in [2.05, 4.69) is 26.5 Å². The van der Waals surface area contributed by atoms with E-state index in [1.165, 1.54) is 18.3 Å². The minimum atomic E-state index is -0.516. The van der Waals surface area contributed by atoms with Crippen LogP contribution in [0.15, 0.2) is 39.9 Å². The summed E-state index contributed by atoms with van der Waals surface area (Å²) in [6, 6.07) is 8.05. The molecule has 0 aliphatic rings. The van der Waals surface area contributed by atoms with Gasteiger partial charge < -0.3 is 10.2 Å². The van der Waals surface area contributed by atoms with Crippen molar-refractivity contribution in [3.63, 3.8) is 0 Å². The Morgan fingerprint density at radius 3 is 2.45 bits per heavy atom. The Balaban J connectivity index is 2.12. The largest absolute Gasteiger partial charge is 0.507 e. The van der Waals surface area contributed by atoms with Gasteiger partial charge in [-0.25, -0.2) is 5.43 Å². The highest BCUT2D eigenvalue weighted by Gasteiger charge is 2.10. The molecule has 0 spiro atoms. The molecule has 0 saturated heterocycles. The monoisotopic (exact) mass is 586 g/mol. The summed E-state index contributed by atoms with van der Waals surface area (Å²) in [5.74, 6) is -0.413. The maximum Gasteiger partial charge on any atom is 0.275 e. The quantitative estimate of drug-likeness (QED) is 0.291. The first-order chi connectivity index (χ1) is 10.4. The first-order valence-corrected chi connectivity index (χ1v) is 8.83. The molecule has 0 atom stereocenters. The molecular formula is C14H9BrI2N2O3. The molecule has 8 heteroatoms. The second kappa shape index (κ2) is 7.59. The molecule has 114 valence electrons. The van der Waals surface area contributed by atoms with Crippen LogP contribution in [0, 0.1) is 7.14 Å². The number of nitrogens with one attached hydrogen (secondary N) is 1. The van der Waals surface area contributed by atoms with Gasteiger partial charge in [-0.3, -0.25) is 4.79 Å². The Morgan fingerprint density at radius 1 is 1.18 bits per heavy atom. The highest BCUT2D eigenvalue weighted by molar-refractivity contribution is 14.1. The summed E-state index contributed by atoms with van der Waals surface area (Å²) in [6.45, 7) is 0. The Bertz CT molecular complexity index is 743. The van der Waals surface area contributed by atoms with Gasteiger partial charge in [0.15, 0.2) is 0 Å². The Hall–Kier alpha value is -0.880. The standard InChI is InChI=1S/C14H9BrI2N2O3/c15-8-1-2-12(20)9(5-8)14(22)19-18-6-7-3-10(16)13(21)11(17)4-7/h1-6,20-21H,(H,19,22)/b18-6+. The van der Waals surface area contributed by atoms with Crippen LogP contribution in [0.5, 0.6) is 11.5 Å². The van der Waals surface area contributed by atoms with Crippen LogP contribution in [0.2, 0.25) is 0 Å². The van der Waals surface area contributed by atoms with Gasteiger partial charge >= 0.3 is 0 Å². The molecule has 0 heterocycles. The molecule has 0 bridgehead atoms. The number of hydrogen-bond acceptors (Lipinski definition) is 4. The van der Waals surface area contributed by atoms with E-state index in [-0.39, 0.29) is 17.1 Å². The lowest BCUT2D eigenvalue weighted by Gasteiger charge is -2.04. The van der Waals surface area contributed by atoms with E-state index >= 15 is 0 Å². The second-order valence-electron chi connectivity index (χ2n) is 4.19. The number of rotatable bonds is 3. The van der Waals surface area contributed by atoms with Crippen molar-refractivity contribution in [3.8, 4) is 11.5 Å². The third-order valence-electron chi connectivity index (χ3n) is 2.62. The highest BCUT2D eigenvalue weighted by atomic mass is 127. The summed E-state index contributed by atoms with van der Waals surface area (Å²) in [7, 11) is 0. The van der Waals surface area contributed by atoms with Crippen LogP contribution in [0.3, 0.4) is 0 Å². The fourth-order valence-electron chi connectivity index (χ4n) is 1.58. The van der Waals surface area contributed by atoms with Crippen LogP contribution in [-0.2, 0) is 0 Å². The highest BCUT2D eigenvalue weighted by Crippen LogP contribution is 2.26. The predicted octanol–water partition coefficient (Wildman–Crippen LogP) is 3.83. The molecule has 5 nitrogen and oxygen atoms in total. The molecule has 0 aliphatic carbocycles. The van der Waals surface area contributed by atoms with E-state index in [0.717, 1.165) is 5.56 Å². The number of carbonyl (C=O) groups is 1. The fraction of sp³-hybridized carbons (Fsp3) is 0. The summed E-state index contributed by atoms with van der Waals surface area (Å²) in [6.07, 6.45) is 1.47. The topological polar surface area (TPSA) is 81.9 Å². The van der Waals surface area contributed by atoms with Crippen LogP contribution < -0.4 is 5.43 Å². The van der Waals surface area contributed by atoms with Gasteiger partial charge in [-0.1, -0.05) is 15.9 Å². The van der Waals surface area contributed by atoms with E-state index in [9.17, 15) is 15.0 Å². The lowest BCUT2D eigenvalue weighted by molar-refractivity contribution is 0.0952. The van der Waals surface area contributed by atoms with E-state index in [1.807, 2.05) is 45.2 Å². The number of carbonyl (C=O) groups excluding carboxylic acids is 1. The second-order valence-corrected chi connectivity index (χ2v) is 7.43. The van der Waals surface area contributed by atoms with Crippen molar-refractivity contribution in [2.75, 3.05) is 0 Å². The molecule has 0 fully saturated rings. The zero-order valence-electron chi connectivity index (χ0n) is 10.8. The molecule has 0 radical (unpaired) electrons. The lowest BCUT2D eigenvalue weighted by Crippen LogP contribution is -2.17. The first kappa shape index (κ1) is 17.5. The number of aromatic hydroxyl groups is 2. The molecule has 0 aromatic heterocycles. The third-order valence-corrected chi connectivity index (χ3v) is 4.76. The molecule has 22 heavy (non-hydrogen) atoms. The zero-order valence-corrected chi connectivity index (χ0v) is 16.7. The number of nitrogens with zero attached hydrogens (tertiary/aromatic N) is 1. The summed E-state index contributed by atoms with van der Waals surface area (Å²) in [5.41, 5.74) is 3.22. The SMILES string of the molecule is O=C(N/N=C/c1cc(I)c(O)c(I)c1)c1cc(Br)ccc1O. The molecule has 0 aliphatic heterocycles. The van der Waals surface area contributed by atoms with Gasteiger partial charge in [-0.05, 0) is 81.1 Å². The molecule has 3 N–H and O–H groups in total. The predicted molar refractivity (Wildman–Crippen MR) is 104 cm³/mol. The van der Waals surface area contributed by atoms with Gasteiger partial charge in [-0.2, -0.15) is 5.10 Å². The summed E-state index contributed by atoms with van der Waals surface area (Å²) in [5, 5.41) is 23.2. The molecule has 0 saturated carbocycles. The van der Waals surface area contributed by atoms with Gasteiger partial charge in [0.25, 0.3) is 5.91 Å². The van der Waals surface area contributed by atoms with Crippen LogP contribution in [0.4, 0.5) is 0 Å². The molecule has 0 unspecified atom stereocenters. The van der Waals surface area contributed by atoms with Crippen molar-refractivity contribution in [1.29, 1.82) is 0 Å². The normalized spacial score (nSPS) is 10.9. The first-order valence-electron chi connectivity index (χ1n) is 5.88. The van der Waals surface area contributed by atoms with Gasteiger partial charge in [0.2, 0.25) is 0 Å². The Kier molecular flexibility index (Phi) is 6.03. The van der Waals surface area contributed by atoms with Crippen molar-refractivity contribution in [3.05, 3.63) is 53.1 Å². The van der Waals surface area contributed by atoms with Crippen LogP contribution >= 0.6 is 61.1 Å². The molecule has 2 aromatic carbocycles. The van der Waals surface area contributed by atoms with E-state index < -0.39 is 5.91 Å². The maximum absolute atomic E-state index is 11.9. The van der Waals surface area contributed by atoms with E-state index in [0.29, 0.717) is 11.6 Å². The smallest absolute Gasteiger partial charge is 0.275 e. The number of hydrazone groups is 1. The fourth-order valence-corrected chi connectivity index (χ4v) is 3.75. The molecule has 2 aromatic rings. The minimum absolute atomic E-state index is 0.121. The van der Waals surface area contributed by atoms with Crippen molar-refractivity contribution < 1.29 is 15.0 Å². The average molecular weight is 587 g/mol. The number of halogens is 3. The third kappa shape index (κ3) is 4.32. The number of amides is 1.